The summed E-state index contributed by atoms with van der Waals surface area (Å²) in [4.78, 5) is 16.9. The van der Waals surface area contributed by atoms with Crippen LogP contribution in [0.5, 0.6) is 0 Å². The van der Waals surface area contributed by atoms with E-state index in [0.717, 1.165) is 34.5 Å². The molecule has 144 valence electrons. The van der Waals surface area contributed by atoms with Gasteiger partial charge in [0.05, 0.1) is 16.7 Å². The molecule has 1 amide bonds. The summed E-state index contributed by atoms with van der Waals surface area (Å²) in [5, 5.41) is 8.16. The number of rotatable bonds is 6. The van der Waals surface area contributed by atoms with Crippen LogP contribution in [0.25, 0.3) is 11.0 Å². The van der Waals surface area contributed by atoms with Gasteiger partial charge in [0.25, 0.3) is 0 Å². The first-order chi connectivity index (χ1) is 12.8. The van der Waals surface area contributed by atoms with E-state index < -0.39 is 0 Å². The lowest BCUT2D eigenvalue weighted by Crippen LogP contribution is -2.15. The van der Waals surface area contributed by atoms with Crippen molar-refractivity contribution >= 4 is 34.5 Å². The number of anilines is 1. The number of nitrogens with one attached hydrogen (secondary N) is 1. The summed E-state index contributed by atoms with van der Waals surface area (Å²) >= 11 is 6.02. The number of halogens is 1. The highest BCUT2D eigenvalue weighted by Gasteiger charge is 2.15. The summed E-state index contributed by atoms with van der Waals surface area (Å²) in [6, 6.07) is 5.51. The van der Waals surface area contributed by atoms with Crippen LogP contribution in [0, 0.1) is 19.8 Å². The lowest BCUT2D eigenvalue weighted by atomic mass is 10.1. The predicted molar refractivity (Wildman–Crippen MR) is 109 cm³/mol. The molecule has 0 saturated carbocycles. The van der Waals surface area contributed by atoms with Gasteiger partial charge in [-0.2, -0.15) is 5.10 Å². The number of aromatic nitrogens is 4. The minimum atomic E-state index is -0.0603. The first kappa shape index (κ1) is 19.4. The van der Waals surface area contributed by atoms with Gasteiger partial charge < -0.3 is 4.57 Å². The van der Waals surface area contributed by atoms with E-state index >= 15 is 0 Å². The molecule has 2 aromatic heterocycles. The summed E-state index contributed by atoms with van der Waals surface area (Å²) in [5.74, 6) is 1.00. The quantitative estimate of drug-likeness (QED) is 0.687. The molecular weight excluding hydrogens is 362 g/mol. The van der Waals surface area contributed by atoms with Crippen molar-refractivity contribution in [3.05, 3.63) is 40.2 Å². The second-order valence-corrected chi connectivity index (χ2v) is 7.84. The molecule has 0 aliphatic carbocycles. The molecule has 0 fully saturated rings. The van der Waals surface area contributed by atoms with E-state index in [2.05, 4.69) is 36.2 Å². The molecule has 1 N–H and O–H groups in total. The van der Waals surface area contributed by atoms with Crippen LogP contribution in [-0.4, -0.2) is 25.2 Å². The third-order valence-electron chi connectivity index (χ3n) is 4.77. The second kappa shape index (κ2) is 7.72. The fourth-order valence-corrected chi connectivity index (χ4v) is 3.50. The zero-order valence-electron chi connectivity index (χ0n) is 16.5. The zero-order chi connectivity index (χ0) is 19.7. The number of hydrogen-bond donors (Lipinski definition) is 1. The molecule has 6 nitrogen and oxygen atoms in total. The Kier molecular flexibility index (Phi) is 5.56. The Bertz CT molecular complexity index is 986. The summed E-state index contributed by atoms with van der Waals surface area (Å²) in [6.07, 6.45) is 1.05. The fourth-order valence-electron chi connectivity index (χ4n) is 3.33. The largest absolute Gasteiger partial charge is 0.313 e. The molecule has 0 radical (unpaired) electrons. The number of amides is 1. The van der Waals surface area contributed by atoms with Gasteiger partial charge in [0.15, 0.2) is 0 Å². The van der Waals surface area contributed by atoms with Gasteiger partial charge in [-0.3, -0.25) is 14.8 Å². The number of fused-ring (bicyclic) bond motifs is 1. The molecule has 0 aliphatic rings. The molecule has 3 aromatic rings. The minimum absolute atomic E-state index is 0.0603. The maximum Gasteiger partial charge on any atom is 0.227 e. The van der Waals surface area contributed by atoms with Crippen LogP contribution in [-0.2, 0) is 24.8 Å². The standard InChI is InChI=1S/C20H26ClN5O/c1-12(2)11-26-14(4)16(13(3)24-26)7-9-19(27)23-20-22-17-10-15(21)6-8-18(17)25(20)5/h6,8,10,12H,7,9,11H2,1-5H3,(H,22,23,27). The summed E-state index contributed by atoms with van der Waals surface area (Å²) < 4.78 is 3.91. The molecule has 0 saturated heterocycles. The van der Waals surface area contributed by atoms with Crippen molar-refractivity contribution in [2.75, 3.05) is 5.32 Å². The number of benzene rings is 1. The number of carbonyl (C=O) groups excluding carboxylic acids is 1. The van der Waals surface area contributed by atoms with Crippen LogP contribution >= 0.6 is 11.6 Å². The van der Waals surface area contributed by atoms with Gasteiger partial charge in [-0.1, -0.05) is 25.4 Å². The van der Waals surface area contributed by atoms with Crippen LogP contribution in [0.15, 0.2) is 18.2 Å². The number of hydrogen-bond acceptors (Lipinski definition) is 3. The Balaban J connectivity index is 1.69. The van der Waals surface area contributed by atoms with E-state index in [1.807, 2.05) is 35.4 Å². The monoisotopic (exact) mass is 387 g/mol. The van der Waals surface area contributed by atoms with Gasteiger partial charge in [-0.15, -0.1) is 0 Å². The molecular formula is C20H26ClN5O. The summed E-state index contributed by atoms with van der Waals surface area (Å²) in [6.45, 7) is 9.32. The summed E-state index contributed by atoms with van der Waals surface area (Å²) in [7, 11) is 1.88. The highest BCUT2D eigenvalue weighted by atomic mass is 35.5. The number of aryl methyl sites for hydroxylation is 2. The van der Waals surface area contributed by atoms with E-state index in [0.29, 0.717) is 29.7 Å². The van der Waals surface area contributed by atoms with Crippen molar-refractivity contribution in [1.29, 1.82) is 0 Å². The van der Waals surface area contributed by atoms with E-state index in [-0.39, 0.29) is 5.91 Å². The molecule has 0 aliphatic heterocycles. The second-order valence-electron chi connectivity index (χ2n) is 7.40. The zero-order valence-corrected chi connectivity index (χ0v) is 17.3. The average Bonchev–Trinajstić information content (AvgIpc) is 3.02. The number of imidazole rings is 1. The number of carbonyl (C=O) groups is 1. The molecule has 1 aromatic carbocycles. The maximum absolute atomic E-state index is 12.5. The molecule has 0 unspecified atom stereocenters. The normalized spacial score (nSPS) is 11.5. The molecule has 0 spiro atoms. The molecule has 3 rings (SSSR count). The van der Waals surface area contributed by atoms with Crippen molar-refractivity contribution in [1.82, 2.24) is 19.3 Å². The van der Waals surface area contributed by atoms with Crippen LogP contribution in [0.3, 0.4) is 0 Å². The van der Waals surface area contributed by atoms with Gasteiger partial charge >= 0.3 is 0 Å². The number of nitrogens with zero attached hydrogens (tertiary/aromatic N) is 4. The van der Waals surface area contributed by atoms with Crippen molar-refractivity contribution in [3.63, 3.8) is 0 Å². The van der Waals surface area contributed by atoms with Crippen LogP contribution in [0.2, 0.25) is 5.02 Å². The average molecular weight is 388 g/mol. The van der Waals surface area contributed by atoms with Crippen LogP contribution < -0.4 is 5.32 Å². The lowest BCUT2D eigenvalue weighted by molar-refractivity contribution is -0.116. The molecule has 7 heteroatoms. The van der Waals surface area contributed by atoms with E-state index in [4.69, 9.17) is 11.6 Å². The van der Waals surface area contributed by atoms with E-state index in [9.17, 15) is 4.79 Å². The third-order valence-corrected chi connectivity index (χ3v) is 5.00. The smallest absolute Gasteiger partial charge is 0.227 e. The van der Waals surface area contributed by atoms with Crippen molar-refractivity contribution in [2.45, 2.75) is 47.1 Å². The van der Waals surface area contributed by atoms with Crippen molar-refractivity contribution in [2.24, 2.45) is 13.0 Å². The van der Waals surface area contributed by atoms with Crippen LogP contribution in [0.1, 0.15) is 37.2 Å². The Morgan fingerprint density at radius 2 is 2.04 bits per heavy atom. The van der Waals surface area contributed by atoms with Gasteiger partial charge in [-0.05, 0) is 49.9 Å². The molecule has 0 bridgehead atoms. The van der Waals surface area contributed by atoms with E-state index in [1.165, 1.54) is 0 Å². The predicted octanol–water partition coefficient (Wildman–Crippen LogP) is 4.27. The van der Waals surface area contributed by atoms with Gasteiger partial charge in [-0.25, -0.2) is 4.98 Å². The third kappa shape index (κ3) is 4.16. The topological polar surface area (TPSA) is 64.7 Å². The molecule has 2 heterocycles. The van der Waals surface area contributed by atoms with Crippen LogP contribution in [0.4, 0.5) is 5.95 Å². The first-order valence-corrected chi connectivity index (χ1v) is 9.58. The highest BCUT2D eigenvalue weighted by molar-refractivity contribution is 6.31. The van der Waals surface area contributed by atoms with Gasteiger partial charge in [0, 0.05) is 30.7 Å². The van der Waals surface area contributed by atoms with E-state index in [1.54, 1.807) is 6.07 Å². The van der Waals surface area contributed by atoms with Gasteiger partial charge in [0.2, 0.25) is 11.9 Å². The van der Waals surface area contributed by atoms with Crippen molar-refractivity contribution in [3.8, 4) is 0 Å². The van der Waals surface area contributed by atoms with Gasteiger partial charge in [0.1, 0.15) is 0 Å². The SMILES string of the molecule is Cc1nn(CC(C)C)c(C)c1CCC(=O)Nc1nc2cc(Cl)ccc2n1C. The first-order valence-electron chi connectivity index (χ1n) is 9.21. The minimum Gasteiger partial charge on any atom is -0.313 e. The Hall–Kier alpha value is -2.34. The Morgan fingerprint density at radius 3 is 2.74 bits per heavy atom. The molecule has 0 atom stereocenters. The molecule has 27 heavy (non-hydrogen) atoms. The highest BCUT2D eigenvalue weighted by Crippen LogP contribution is 2.22. The summed E-state index contributed by atoms with van der Waals surface area (Å²) in [5.41, 5.74) is 4.99. The Morgan fingerprint density at radius 1 is 1.30 bits per heavy atom. The van der Waals surface area contributed by atoms with Crippen molar-refractivity contribution < 1.29 is 4.79 Å². The lowest BCUT2D eigenvalue weighted by Gasteiger charge is -2.08. The maximum atomic E-state index is 12.5. The Labute approximate surface area is 164 Å². The fraction of sp³-hybridized carbons (Fsp3) is 0.450.